The van der Waals surface area contributed by atoms with Gasteiger partial charge in [-0.3, -0.25) is 9.88 Å². The van der Waals surface area contributed by atoms with Crippen LogP contribution in [0.2, 0.25) is 5.02 Å². The number of morpholine rings is 1. The summed E-state index contributed by atoms with van der Waals surface area (Å²) in [5, 5.41) is 14.7. The molecule has 1 saturated heterocycles. The molecule has 2 aliphatic heterocycles. The molecule has 3 aliphatic carbocycles. The Morgan fingerprint density at radius 1 is 1.13 bits per heavy atom. The monoisotopic (exact) mass is 729 g/mol. The maximum absolute atomic E-state index is 13.0. The van der Waals surface area contributed by atoms with Gasteiger partial charge in [-0.1, -0.05) is 31.5 Å². The van der Waals surface area contributed by atoms with Gasteiger partial charge in [-0.25, -0.2) is 4.79 Å². The van der Waals surface area contributed by atoms with Crippen LogP contribution in [0.1, 0.15) is 87.1 Å². The van der Waals surface area contributed by atoms with E-state index in [4.69, 9.17) is 30.5 Å². The number of pyridine rings is 1. The van der Waals surface area contributed by atoms with Gasteiger partial charge in [0.05, 0.1) is 19.8 Å². The van der Waals surface area contributed by atoms with Gasteiger partial charge in [-0.15, -0.1) is 0 Å². The van der Waals surface area contributed by atoms with Gasteiger partial charge < -0.3 is 29.4 Å². The Kier molecular flexibility index (Phi) is 10.0. The normalized spacial score (nSPS) is 28.9. The number of carboxylic acid groups (broad SMARTS) is 1. The molecule has 3 aromatic rings. The third kappa shape index (κ3) is 6.96. The van der Waals surface area contributed by atoms with Crippen LogP contribution in [-0.4, -0.2) is 78.7 Å². The quantitative estimate of drug-likeness (QED) is 0.218. The molecule has 5 aliphatic rings. The summed E-state index contributed by atoms with van der Waals surface area (Å²) in [6, 6.07) is 13.9. The van der Waals surface area contributed by atoms with Gasteiger partial charge in [0, 0.05) is 47.8 Å². The first kappa shape index (κ1) is 35.5. The topological polar surface area (TPSA) is 102 Å². The van der Waals surface area contributed by atoms with Crippen LogP contribution >= 0.6 is 11.6 Å². The molecule has 0 unspecified atom stereocenters. The number of carboxylic acids is 1. The molecule has 0 amide bonds. The lowest BCUT2D eigenvalue weighted by atomic mass is 9.59. The largest absolute Gasteiger partial charge is 0.493 e. The lowest BCUT2D eigenvalue weighted by Crippen LogP contribution is -2.53. The molecule has 2 aromatic carbocycles. The predicted octanol–water partition coefficient (Wildman–Crippen LogP) is 7.67. The van der Waals surface area contributed by atoms with Crippen molar-refractivity contribution in [2.75, 3.05) is 51.4 Å². The number of aromatic nitrogens is 1. The van der Waals surface area contributed by atoms with E-state index in [0.29, 0.717) is 48.8 Å². The minimum Gasteiger partial charge on any atom is -0.493 e. The van der Waals surface area contributed by atoms with Crippen molar-refractivity contribution in [3.63, 3.8) is 0 Å². The Balaban J connectivity index is 1.05. The van der Waals surface area contributed by atoms with Crippen LogP contribution in [0.4, 0.5) is 5.69 Å². The summed E-state index contributed by atoms with van der Waals surface area (Å²) in [5.41, 5.74) is 4.55. The first-order valence-electron chi connectivity index (χ1n) is 19.4. The molecule has 8 rings (SSSR count). The Labute approximate surface area is 312 Å². The Hall–Kier alpha value is -3.53. The highest BCUT2D eigenvalue weighted by Crippen LogP contribution is 2.58. The second-order valence-corrected chi connectivity index (χ2v) is 16.6. The number of nitrogens with zero attached hydrogens (tertiary/aromatic N) is 2. The molecule has 10 heteroatoms. The molecule has 2 fully saturated rings. The van der Waals surface area contributed by atoms with Gasteiger partial charge in [-0.05, 0) is 128 Å². The van der Waals surface area contributed by atoms with E-state index >= 15 is 0 Å². The van der Waals surface area contributed by atoms with Crippen molar-refractivity contribution in [2.45, 2.75) is 94.6 Å². The van der Waals surface area contributed by atoms with Crippen molar-refractivity contribution < 1.29 is 28.8 Å². The molecular formula is C42H52ClN3O6. The van der Waals surface area contributed by atoms with Crippen molar-refractivity contribution in [1.29, 1.82) is 0 Å². The van der Waals surface area contributed by atoms with E-state index in [9.17, 15) is 9.90 Å². The van der Waals surface area contributed by atoms with E-state index in [2.05, 4.69) is 41.2 Å². The molecule has 1 spiro atoms. The third-order valence-electron chi connectivity index (χ3n) is 12.6. The number of anilines is 1. The summed E-state index contributed by atoms with van der Waals surface area (Å²) in [5.74, 6) is 2.88. The van der Waals surface area contributed by atoms with Crippen LogP contribution in [0.25, 0.3) is 0 Å². The number of benzene rings is 2. The fourth-order valence-corrected chi connectivity index (χ4v) is 10.1. The van der Waals surface area contributed by atoms with Crippen LogP contribution in [-0.2, 0) is 27.8 Å². The van der Waals surface area contributed by atoms with Gasteiger partial charge in [0.25, 0.3) is 0 Å². The third-order valence-corrected chi connectivity index (χ3v) is 12.9. The second-order valence-electron chi connectivity index (χ2n) is 16.1. The molecule has 3 heterocycles. The number of hydrogen-bond donors (Lipinski definition) is 2. The number of aliphatic carboxylic acids is 1. The number of aryl methyl sites for hydroxylation is 1. The molecule has 52 heavy (non-hydrogen) atoms. The van der Waals surface area contributed by atoms with Crippen LogP contribution in [0.3, 0.4) is 0 Å². The smallest absolute Gasteiger partial charge is 0.329 e. The van der Waals surface area contributed by atoms with Gasteiger partial charge in [0.1, 0.15) is 24.0 Å². The Morgan fingerprint density at radius 2 is 1.96 bits per heavy atom. The number of hydrogen-bond acceptors (Lipinski definition) is 8. The molecule has 0 radical (unpaired) electrons. The fourth-order valence-electron chi connectivity index (χ4n) is 9.88. The number of rotatable bonds is 10. The molecule has 278 valence electrons. The molecule has 1 saturated carbocycles. The highest BCUT2D eigenvalue weighted by molar-refractivity contribution is 6.30. The standard InChI is InChI=1S/C42H52ClN3O6/c1-27(25-50-36-9-14-44-35-8-3-5-28(2)39(35)36)19-30-20-29-21-37-38(52-33(26-51-37)24-46-15-17-49-18-16-46)23-34(29)41(30)10-12-42(13-11-41,40(47)48)45-32-7-4-6-31(43)22-32/h4,6-7,9,14,21-23,27-28,30,33,45H,3,5,8,10-13,15-20,24-26H2,1-2H3,(H,47,48)/t27-,28-,30+,33+,41?,42?/m1/s1. The van der Waals surface area contributed by atoms with Crippen LogP contribution in [0, 0.1) is 11.8 Å². The summed E-state index contributed by atoms with van der Waals surface area (Å²) >= 11 is 6.31. The van der Waals surface area contributed by atoms with Gasteiger partial charge in [0.15, 0.2) is 11.5 Å². The molecular weight excluding hydrogens is 678 g/mol. The zero-order chi connectivity index (χ0) is 35.9. The maximum Gasteiger partial charge on any atom is 0.329 e. The van der Waals surface area contributed by atoms with Crippen molar-refractivity contribution in [3.05, 3.63) is 76.1 Å². The Bertz CT molecular complexity index is 1770. The predicted molar refractivity (Wildman–Crippen MR) is 201 cm³/mol. The number of halogens is 1. The van der Waals surface area contributed by atoms with Crippen molar-refractivity contribution >= 4 is 23.3 Å². The first-order chi connectivity index (χ1) is 25.2. The van der Waals surface area contributed by atoms with Crippen LogP contribution in [0.15, 0.2) is 48.7 Å². The number of ether oxygens (including phenoxy) is 4. The van der Waals surface area contributed by atoms with E-state index in [1.807, 2.05) is 36.5 Å². The van der Waals surface area contributed by atoms with E-state index in [0.717, 1.165) is 87.9 Å². The van der Waals surface area contributed by atoms with E-state index in [-0.39, 0.29) is 11.5 Å². The highest BCUT2D eigenvalue weighted by Gasteiger charge is 2.54. The molecule has 1 aromatic heterocycles. The lowest BCUT2D eigenvalue weighted by Gasteiger charge is -2.47. The number of carbonyl (C=O) groups is 1. The summed E-state index contributed by atoms with van der Waals surface area (Å²) in [6.45, 7) is 9.86. The minimum absolute atomic E-state index is 0.0523. The summed E-state index contributed by atoms with van der Waals surface area (Å²) in [7, 11) is 0. The SMILES string of the molecule is C[C@@H](COc1ccnc2c1[C@H](C)CCC2)C[C@H]1Cc2cc3c(cc2C12CCC(Nc1cccc(Cl)c1)(C(=O)O)CC2)O[C@@H](CN1CCOCC1)CO3. The summed E-state index contributed by atoms with van der Waals surface area (Å²) < 4.78 is 25.2. The van der Waals surface area contributed by atoms with Crippen LogP contribution < -0.4 is 19.5 Å². The van der Waals surface area contributed by atoms with Crippen LogP contribution in [0.5, 0.6) is 17.2 Å². The zero-order valence-electron chi connectivity index (χ0n) is 30.5. The number of fused-ring (bicyclic) bond motifs is 4. The maximum atomic E-state index is 13.0. The van der Waals surface area contributed by atoms with Crippen molar-refractivity contribution in [1.82, 2.24) is 9.88 Å². The fraction of sp³-hybridized carbons (Fsp3) is 0.571. The minimum atomic E-state index is -1.08. The summed E-state index contributed by atoms with van der Waals surface area (Å²) in [6.07, 6.45) is 9.63. The molecule has 4 atom stereocenters. The molecule has 0 bridgehead atoms. The van der Waals surface area contributed by atoms with Crippen molar-refractivity contribution in [3.8, 4) is 17.2 Å². The average molecular weight is 730 g/mol. The molecule has 9 nitrogen and oxygen atoms in total. The first-order valence-corrected chi connectivity index (χ1v) is 19.7. The van der Waals surface area contributed by atoms with Gasteiger partial charge in [-0.2, -0.15) is 0 Å². The van der Waals surface area contributed by atoms with E-state index < -0.39 is 11.5 Å². The van der Waals surface area contributed by atoms with Gasteiger partial charge in [0.2, 0.25) is 0 Å². The zero-order valence-corrected chi connectivity index (χ0v) is 31.3. The second kappa shape index (κ2) is 14.7. The Morgan fingerprint density at radius 3 is 2.75 bits per heavy atom. The van der Waals surface area contributed by atoms with Crippen molar-refractivity contribution in [2.24, 2.45) is 11.8 Å². The van der Waals surface area contributed by atoms with E-state index in [1.165, 1.54) is 35.2 Å². The highest BCUT2D eigenvalue weighted by atomic mass is 35.5. The summed E-state index contributed by atoms with van der Waals surface area (Å²) in [4.78, 5) is 20.1. The lowest BCUT2D eigenvalue weighted by molar-refractivity contribution is -0.144. The van der Waals surface area contributed by atoms with E-state index in [1.54, 1.807) is 0 Å². The number of nitrogens with one attached hydrogen (secondary N) is 1. The van der Waals surface area contributed by atoms with Gasteiger partial charge >= 0.3 is 5.97 Å². The average Bonchev–Trinajstić information content (AvgIpc) is 3.41. The molecule has 2 N–H and O–H groups in total.